The van der Waals surface area contributed by atoms with Crippen molar-refractivity contribution in [2.45, 2.75) is 45.3 Å². The lowest BCUT2D eigenvalue weighted by Crippen LogP contribution is -2.44. The third-order valence-corrected chi connectivity index (χ3v) is 2.97. The van der Waals surface area contributed by atoms with Crippen molar-refractivity contribution in [1.29, 1.82) is 0 Å². The number of carboxylic acids is 1. The van der Waals surface area contributed by atoms with Crippen LogP contribution in [0.2, 0.25) is 0 Å². The topological polar surface area (TPSA) is 75.6 Å². The largest absolute Gasteiger partial charge is 0.480 e. The molecular formula is C11H19NO4. The maximum atomic E-state index is 11.8. The van der Waals surface area contributed by atoms with Crippen LogP contribution >= 0.6 is 0 Å². The Morgan fingerprint density at radius 2 is 2.19 bits per heavy atom. The summed E-state index contributed by atoms with van der Waals surface area (Å²) in [5, 5.41) is 11.4. The molecule has 0 saturated carbocycles. The quantitative estimate of drug-likeness (QED) is 0.730. The minimum absolute atomic E-state index is 0.0636. The van der Waals surface area contributed by atoms with E-state index < -0.39 is 12.0 Å². The first kappa shape index (κ1) is 13.0. The average molecular weight is 229 g/mol. The van der Waals surface area contributed by atoms with Crippen LogP contribution in [0.1, 0.15) is 33.1 Å². The van der Waals surface area contributed by atoms with Crippen LogP contribution in [0.25, 0.3) is 0 Å². The fraction of sp³-hybridized carbons (Fsp3) is 0.818. The molecule has 5 nitrogen and oxygen atoms in total. The van der Waals surface area contributed by atoms with Crippen molar-refractivity contribution in [1.82, 2.24) is 5.32 Å². The summed E-state index contributed by atoms with van der Waals surface area (Å²) in [7, 11) is 0. The molecule has 0 aromatic carbocycles. The predicted octanol–water partition coefficient (Wildman–Crippen LogP) is 0.781. The Labute approximate surface area is 95.2 Å². The summed E-state index contributed by atoms with van der Waals surface area (Å²) in [5.74, 6) is -1.38. The number of carbonyl (C=O) groups excluding carboxylic acids is 1. The van der Waals surface area contributed by atoms with E-state index in [0.29, 0.717) is 19.4 Å². The lowest BCUT2D eigenvalue weighted by molar-refractivity contribution is -0.142. The molecule has 1 saturated heterocycles. The monoisotopic (exact) mass is 229 g/mol. The van der Waals surface area contributed by atoms with E-state index in [1.807, 2.05) is 6.92 Å². The molecule has 0 bridgehead atoms. The van der Waals surface area contributed by atoms with Gasteiger partial charge in [-0.1, -0.05) is 13.8 Å². The third-order valence-electron chi connectivity index (χ3n) is 2.97. The van der Waals surface area contributed by atoms with Gasteiger partial charge in [0.2, 0.25) is 5.91 Å². The molecule has 1 fully saturated rings. The van der Waals surface area contributed by atoms with Crippen LogP contribution in [-0.4, -0.2) is 35.7 Å². The number of carboxylic acid groups (broad SMARTS) is 1. The zero-order chi connectivity index (χ0) is 12.1. The van der Waals surface area contributed by atoms with E-state index in [1.54, 1.807) is 6.92 Å². The highest BCUT2D eigenvalue weighted by Gasteiger charge is 2.34. The van der Waals surface area contributed by atoms with Crippen molar-refractivity contribution in [2.24, 2.45) is 5.92 Å². The molecule has 1 amide bonds. The van der Waals surface area contributed by atoms with Gasteiger partial charge in [0.15, 0.2) is 0 Å². The van der Waals surface area contributed by atoms with Crippen LogP contribution in [-0.2, 0) is 14.3 Å². The van der Waals surface area contributed by atoms with Gasteiger partial charge in [-0.25, -0.2) is 4.79 Å². The van der Waals surface area contributed by atoms with Gasteiger partial charge >= 0.3 is 5.97 Å². The van der Waals surface area contributed by atoms with Crippen molar-refractivity contribution in [2.75, 3.05) is 6.61 Å². The smallest absolute Gasteiger partial charge is 0.326 e. The molecule has 0 aromatic rings. The minimum Gasteiger partial charge on any atom is -0.480 e. The van der Waals surface area contributed by atoms with Crippen LogP contribution in [0.4, 0.5) is 0 Å². The van der Waals surface area contributed by atoms with Gasteiger partial charge in [0, 0.05) is 6.61 Å². The Morgan fingerprint density at radius 1 is 1.50 bits per heavy atom. The van der Waals surface area contributed by atoms with E-state index in [0.717, 1.165) is 6.42 Å². The van der Waals surface area contributed by atoms with Crippen LogP contribution < -0.4 is 5.32 Å². The number of hydrogen-bond acceptors (Lipinski definition) is 3. The summed E-state index contributed by atoms with van der Waals surface area (Å²) in [6.45, 7) is 4.28. The average Bonchev–Trinajstić information content (AvgIpc) is 2.72. The zero-order valence-electron chi connectivity index (χ0n) is 9.73. The maximum absolute atomic E-state index is 11.8. The van der Waals surface area contributed by atoms with Crippen LogP contribution in [0, 0.1) is 5.92 Å². The van der Waals surface area contributed by atoms with Gasteiger partial charge in [-0.2, -0.15) is 0 Å². The molecule has 1 rings (SSSR count). The molecule has 0 aliphatic carbocycles. The highest BCUT2D eigenvalue weighted by atomic mass is 16.5. The minimum atomic E-state index is -0.984. The second-order valence-corrected chi connectivity index (χ2v) is 4.02. The lowest BCUT2D eigenvalue weighted by atomic mass is 9.98. The molecule has 2 N–H and O–H groups in total. The molecule has 1 aliphatic rings. The molecule has 16 heavy (non-hydrogen) atoms. The number of amides is 1. The molecule has 92 valence electrons. The van der Waals surface area contributed by atoms with E-state index in [-0.39, 0.29) is 17.9 Å². The summed E-state index contributed by atoms with van der Waals surface area (Å²) in [5.41, 5.74) is 0. The summed E-state index contributed by atoms with van der Waals surface area (Å²) >= 11 is 0. The highest BCUT2D eigenvalue weighted by molar-refractivity contribution is 5.85. The van der Waals surface area contributed by atoms with Crippen LogP contribution in [0.3, 0.4) is 0 Å². The molecule has 3 atom stereocenters. The highest BCUT2D eigenvalue weighted by Crippen LogP contribution is 2.23. The summed E-state index contributed by atoms with van der Waals surface area (Å²) in [6, 6.07) is -0.786. The van der Waals surface area contributed by atoms with Crippen molar-refractivity contribution in [3.63, 3.8) is 0 Å². The molecule has 0 spiro atoms. The van der Waals surface area contributed by atoms with Crippen molar-refractivity contribution in [3.8, 4) is 0 Å². The Kier molecular flexibility index (Phi) is 4.73. The van der Waals surface area contributed by atoms with Gasteiger partial charge in [0.1, 0.15) is 6.04 Å². The Morgan fingerprint density at radius 3 is 2.69 bits per heavy atom. The number of aliphatic carboxylic acids is 1. The summed E-state index contributed by atoms with van der Waals surface area (Å²) in [4.78, 5) is 22.6. The second kappa shape index (κ2) is 5.84. The summed E-state index contributed by atoms with van der Waals surface area (Å²) in [6.07, 6.45) is 1.79. The van der Waals surface area contributed by atoms with Gasteiger partial charge in [-0.15, -0.1) is 0 Å². The van der Waals surface area contributed by atoms with E-state index in [4.69, 9.17) is 9.84 Å². The predicted molar refractivity (Wildman–Crippen MR) is 58.0 cm³/mol. The lowest BCUT2D eigenvalue weighted by Gasteiger charge is -2.19. The summed E-state index contributed by atoms with van der Waals surface area (Å²) < 4.78 is 5.40. The second-order valence-electron chi connectivity index (χ2n) is 4.02. The molecular weight excluding hydrogens is 210 g/mol. The Hall–Kier alpha value is -1.10. The van der Waals surface area contributed by atoms with Crippen LogP contribution in [0.5, 0.6) is 0 Å². The van der Waals surface area contributed by atoms with Crippen molar-refractivity contribution < 1.29 is 19.4 Å². The van der Waals surface area contributed by atoms with Gasteiger partial charge < -0.3 is 15.2 Å². The Bertz CT molecular complexity index is 267. The first-order valence-electron chi connectivity index (χ1n) is 5.74. The number of nitrogens with one attached hydrogen (secondary N) is 1. The SMILES string of the molecule is CCC1OCCC1C(=O)N[C@H](CC)C(=O)O. The Balaban J connectivity index is 2.54. The molecule has 2 unspecified atom stereocenters. The molecule has 1 heterocycles. The molecule has 5 heteroatoms. The van der Waals surface area contributed by atoms with E-state index in [9.17, 15) is 9.59 Å². The normalized spacial score (nSPS) is 26.4. The van der Waals surface area contributed by atoms with Crippen molar-refractivity contribution in [3.05, 3.63) is 0 Å². The van der Waals surface area contributed by atoms with Crippen molar-refractivity contribution >= 4 is 11.9 Å². The molecule has 0 radical (unpaired) electrons. The number of ether oxygens (including phenoxy) is 1. The van der Waals surface area contributed by atoms with Gasteiger partial charge in [0.05, 0.1) is 12.0 Å². The zero-order valence-corrected chi connectivity index (χ0v) is 9.73. The fourth-order valence-corrected chi connectivity index (χ4v) is 1.97. The van der Waals surface area contributed by atoms with Crippen LogP contribution in [0.15, 0.2) is 0 Å². The number of rotatable bonds is 5. The van der Waals surface area contributed by atoms with Gasteiger partial charge in [0.25, 0.3) is 0 Å². The van der Waals surface area contributed by atoms with E-state index in [2.05, 4.69) is 5.32 Å². The number of hydrogen-bond donors (Lipinski definition) is 2. The first-order chi connectivity index (χ1) is 7.60. The molecule has 0 aromatic heterocycles. The standard InChI is InChI=1S/C11H19NO4/c1-3-8(11(14)15)12-10(13)7-5-6-16-9(7)4-2/h7-9H,3-6H2,1-2H3,(H,12,13)(H,14,15)/t7?,8-,9?/m1/s1. The van der Waals surface area contributed by atoms with E-state index in [1.165, 1.54) is 0 Å². The third kappa shape index (κ3) is 2.95. The van der Waals surface area contributed by atoms with Gasteiger partial charge in [-0.05, 0) is 19.3 Å². The van der Waals surface area contributed by atoms with Gasteiger partial charge in [-0.3, -0.25) is 4.79 Å². The van der Waals surface area contributed by atoms with E-state index >= 15 is 0 Å². The molecule has 1 aliphatic heterocycles. The first-order valence-corrected chi connectivity index (χ1v) is 5.74. The maximum Gasteiger partial charge on any atom is 0.326 e. The fourth-order valence-electron chi connectivity index (χ4n) is 1.97. The number of carbonyl (C=O) groups is 2.